The third-order valence-corrected chi connectivity index (χ3v) is 2.49. The first-order valence-corrected chi connectivity index (χ1v) is 5.27. The van der Waals surface area contributed by atoms with Gasteiger partial charge < -0.3 is 4.52 Å². The predicted molar refractivity (Wildman–Crippen MR) is 61.0 cm³/mol. The van der Waals surface area contributed by atoms with E-state index in [0.717, 1.165) is 22.0 Å². The Bertz CT molecular complexity index is 445. The first kappa shape index (κ1) is 10.2. The van der Waals surface area contributed by atoms with Crippen LogP contribution in [0.3, 0.4) is 0 Å². The molecule has 0 amide bonds. The van der Waals surface area contributed by atoms with E-state index in [-0.39, 0.29) is 0 Å². The van der Waals surface area contributed by atoms with Crippen molar-refractivity contribution >= 4 is 11.6 Å². The molecular formula is C12H12ClNO. The molecule has 1 heterocycles. The van der Waals surface area contributed by atoms with Crippen LogP contribution in [0.15, 0.2) is 34.9 Å². The fourth-order valence-corrected chi connectivity index (χ4v) is 1.44. The van der Waals surface area contributed by atoms with E-state index in [1.54, 1.807) is 0 Å². The summed E-state index contributed by atoms with van der Waals surface area (Å²) in [7, 11) is 0. The van der Waals surface area contributed by atoms with Gasteiger partial charge in [-0.25, -0.2) is 0 Å². The van der Waals surface area contributed by atoms with E-state index >= 15 is 0 Å². The maximum atomic E-state index is 5.81. The van der Waals surface area contributed by atoms with Gasteiger partial charge in [-0.15, -0.1) is 0 Å². The van der Waals surface area contributed by atoms with Gasteiger partial charge in [0.25, 0.3) is 0 Å². The largest absolute Gasteiger partial charge is 0.361 e. The van der Waals surface area contributed by atoms with E-state index in [4.69, 9.17) is 16.1 Å². The average molecular weight is 222 g/mol. The van der Waals surface area contributed by atoms with Crippen LogP contribution in [0, 0.1) is 0 Å². The Morgan fingerprint density at radius 2 is 1.87 bits per heavy atom. The van der Waals surface area contributed by atoms with Crippen LogP contribution in [0.5, 0.6) is 0 Å². The molecule has 0 unspecified atom stereocenters. The van der Waals surface area contributed by atoms with Crippen molar-refractivity contribution in [3.63, 3.8) is 0 Å². The fraction of sp³-hybridized carbons (Fsp3) is 0.250. The Hall–Kier alpha value is -1.28. The summed E-state index contributed by atoms with van der Waals surface area (Å²) in [6.45, 7) is 4.15. The van der Waals surface area contributed by atoms with Crippen molar-refractivity contribution in [2.45, 2.75) is 19.8 Å². The highest BCUT2D eigenvalue weighted by Crippen LogP contribution is 2.24. The Morgan fingerprint density at radius 1 is 1.20 bits per heavy atom. The molecule has 0 saturated carbocycles. The fourth-order valence-electron chi connectivity index (χ4n) is 1.32. The second-order valence-corrected chi connectivity index (χ2v) is 4.21. The second kappa shape index (κ2) is 4.07. The Labute approximate surface area is 93.9 Å². The number of aromatic nitrogens is 1. The van der Waals surface area contributed by atoms with Gasteiger partial charge >= 0.3 is 0 Å². The molecule has 0 spiro atoms. The van der Waals surface area contributed by atoms with Crippen LogP contribution in [0.4, 0.5) is 0 Å². The summed E-state index contributed by atoms with van der Waals surface area (Å²) in [5.41, 5.74) is 1.88. The van der Waals surface area contributed by atoms with Crippen molar-refractivity contribution < 1.29 is 4.52 Å². The number of hydrogen-bond donors (Lipinski definition) is 0. The molecule has 0 fully saturated rings. The minimum atomic E-state index is 0.360. The minimum absolute atomic E-state index is 0.360. The molecule has 2 aromatic rings. The standard InChI is InChI=1S/C12H12ClNO/c1-8(2)12-7-11(14-15-12)9-3-5-10(13)6-4-9/h3-8H,1-2H3. The van der Waals surface area contributed by atoms with Gasteiger partial charge in [-0.1, -0.05) is 42.7 Å². The molecule has 0 saturated heterocycles. The van der Waals surface area contributed by atoms with Gasteiger partial charge in [-0.05, 0) is 12.1 Å². The van der Waals surface area contributed by atoms with Crippen LogP contribution in [0.25, 0.3) is 11.3 Å². The first-order chi connectivity index (χ1) is 7.16. The molecule has 15 heavy (non-hydrogen) atoms. The Balaban J connectivity index is 2.33. The summed E-state index contributed by atoms with van der Waals surface area (Å²) in [4.78, 5) is 0. The SMILES string of the molecule is CC(C)c1cc(-c2ccc(Cl)cc2)no1. The molecule has 3 heteroatoms. The maximum Gasteiger partial charge on any atom is 0.139 e. The number of hydrogen-bond acceptors (Lipinski definition) is 2. The lowest BCUT2D eigenvalue weighted by molar-refractivity contribution is 0.373. The molecule has 1 aromatic carbocycles. The Morgan fingerprint density at radius 3 is 2.40 bits per heavy atom. The third-order valence-electron chi connectivity index (χ3n) is 2.24. The molecule has 2 nitrogen and oxygen atoms in total. The molecule has 0 radical (unpaired) electrons. The van der Waals surface area contributed by atoms with E-state index in [2.05, 4.69) is 19.0 Å². The molecule has 0 aliphatic heterocycles. The first-order valence-electron chi connectivity index (χ1n) is 4.89. The van der Waals surface area contributed by atoms with E-state index in [9.17, 15) is 0 Å². The molecule has 0 bridgehead atoms. The van der Waals surface area contributed by atoms with Crippen LogP contribution in [0.1, 0.15) is 25.5 Å². The van der Waals surface area contributed by atoms with Crippen LogP contribution < -0.4 is 0 Å². The minimum Gasteiger partial charge on any atom is -0.361 e. The highest BCUT2D eigenvalue weighted by atomic mass is 35.5. The zero-order valence-corrected chi connectivity index (χ0v) is 9.45. The normalized spacial score (nSPS) is 10.9. The van der Waals surface area contributed by atoms with E-state index in [1.165, 1.54) is 0 Å². The zero-order chi connectivity index (χ0) is 10.8. The molecule has 0 N–H and O–H groups in total. The molecule has 78 valence electrons. The van der Waals surface area contributed by atoms with E-state index in [0.29, 0.717) is 5.92 Å². The van der Waals surface area contributed by atoms with Crippen LogP contribution in [0.2, 0.25) is 5.02 Å². The van der Waals surface area contributed by atoms with Crippen molar-refractivity contribution in [2.75, 3.05) is 0 Å². The molecule has 0 aliphatic carbocycles. The van der Waals surface area contributed by atoms with Gasteiger partial charge in [-0.3, -0.25) is 0 Å². The van der Waals surface area contributed by atoms with Crippen LogP contribution in [-0.2, 0) is 0 Å². The monoisotopic (exact) mass is 221 g/mol. The molecule has 0 aliphatic rings. The van der Waals surface area contributed by atoms with Gasteiger partial charge in [0.05, 0.1) is 0 Å². The van der Waals surface area contributed by atoms with Gasteiger partial charge in [-0.2, -0.15) is 0 Å². The van der Waals surface area contributed by atoms with Crippen LogP contribution >= 0.6 is 11.6 Å². The van der Waals surface area contributed by atoms with Crippen LogP contribution in [-0.4, -0.2) is 5.16 Å². The summed E-state index contributed by atoms with van der Waals surface area (Å²) >= 11 is 5.81. The van der Waals surface area contributed by atoms with E-state index in [1.807, 2.05) is 30.3 Å². The summed E-state index contributed by atoms with van der Waals surface area (Å²) in [5.74, 6) is 1.26. The predicted octanol–water partition coefficient (Wildman–Crippen LogP) is 4.12. The van der Waals surface area contributed by atoms with E-state index < -0.39 is 0 Å². The summed E-state index contributed by atoms with van der Waals surface area (Å²) in [5, 5.41) is 4.75. The third kappa shape index (κ3) is 2.21. The second-order valence-electron chi connectivity index (χ2n) is 3.78. The highest BCUT2D eigenvalue weighted by Gasteiger charge is 2.08. The summed E-state index contributed by atoms with van der Waals surface area (Å²) in [6, 6.07) is 9.53. The lowest BCUT2D eigenvalue weighted by atomic mass is 10.1. The topological polar surface area (TPSA) is 26.0 Å². The average Bonchev–Trinajstić information content (AvgIpc) is 2.68. The number of nitrogens with zero attached hydrogens (tertiary/aromatic N) is 1. The van der Waals surface area contributed by atoms with Crippen molar-refractivity contribution in [3.8, 4) is 11.3 Å². The number of rotatable bonds is 2. The molecule has 1 aromatic heterocycles. The Kier molecular flexibility index (Phi) is 2.78. The van der Waals surface area contributed by atoms with Crippen molar-refractivity contribution in [1.82, 2.24) is 5.16 Å². The van der Waals surface area contributed by atoms with Crippen molar-refractivity contribution in [1.29, 1.82) is 0 Å². The van der Waals surface area contributed by atoms with Gasteiger partial charge in [0, 0.05) is 22.6 Å². The zero-order valence-electron chi connectivity index (χ0n) is 8.70. The van der Waals surface area contributed by atoms with Gasteiger partial charge in [0.15, 0.2) is 0 Å². The summed E-state index contributed by atoms with van der Waals surface area (Å²) < 4.78 is 5.23. The molecule has 0 atom stereocenters. The smallest absolute Gasteiger partial charge is 0.139 e. The quantitative estimate of drug-likeness (QED) is 0.763. The lowest BCUT2D eigenvalue weighted by Gasteiger charge is -1.95. The maximum absolute atomic E-state index is 5.81. The van der Waals surface area contributed by atoms with Gasteiger partial charge in [0.1, 0.15) is 11.5 Å². The van der Waals surface area contributed by atoms with Crippen molar-refractivity contribution in [2.24, 2.45) is 0 Å². The lowest BCUT2D eigenvalue weighted by Crippen LogP contribution is -1.80. The molecule has 2 rings (SSSR count). The van der Waals surface area contributed by atoms with Gasteiger partial charge in [0.2, 0.25) is 0 Å². The summed E-state index contributed by atoms with van der Waals surface area (Å²) in [6.07, 6.45) is 0. The number of benzene rings is 1. The number of halogens is 1. The molecular weight excluding hydrogens is 210 g/mol. The highest BCUT2D eigenvalue weighted by molar-refractivity contribution is 6.30. The van der Waals surface area contributed by atoms with Crippen molar-refractivity contribution in [3.05, 3.63) is 41.1 Å².